The Morgan fingerprint density at radius 1 is 1.09 bits per heavy atom. The Bertz CT molecular complexity index is 1100. The Morgan fingerprint density at radius 3 is 2.41 bits per heavy atom. The molecule has 0 bridgehead atoms. The number of carbonyl (C=O) groups is 1. The van der Waals surface area contributed by atoms with Crippen LogP contribution in [0.1, 0.15) is 46.8 Å². The zero-order valence-corrected chi connectivity index (χ0v) is 19.1. The van der Waals surface area contributed by atoms with E-state index in [2.05, 4.69) is 5.32 Å². The molecule has 0 atom stereocenters. The first-order valence-electron chi connectivity index (χ1n) is 10.2. The van der Waals surface area contributed by atoms with E-state index in [1.165, 1.54) is 37.3 Å². The van der Waals surface area contributed by atoms with E-state index >= 15 is 0 Å². The van der Waals surface area contributed by atoms with Crippen molar-refractivity contribution in [2.45, 2.75) is 43.9 Å². The largest absolute Gasteiger partial charge is 0.416 e. The Hall–Kier alpha value is -2.10. The van der Waals surface area contributed by atoms with Crippen molar-refractivity contribution in [2.75, 3.05) is 18.8 Å². The maximum absolute atomic E-state index is 13.7. The molecular weight excluding hydrogens is 465 g/mol. The zero-order valence-electron chi connectivity index (χ0n) is 17.5. The maximum atomic E-state index is 13.7. The number of likely N-dealkylation sites (tertiary alicyclic amines) is 1. The lowest BCUT2D eigenvalue weighted by atomic mass is 10.0. The van der Waals surface area contributed by atoms with Gasteiger partial charge < -0.3 is 5.32 Å². The van der Waals surface area contributed by atoms with Crippen LogP contribution in [0.15, 0.2) is 41.3 Å². The van der Waals surface area contributed by atoms with E-state index in [1.54, 1.807) is 0 Å². The van der Waals surface area contributed by atoms with Gasteiger partial charge in [0.15, 0.2) is 9.84 Å². The number of hydrogen-bond donors (Lipinski definition) is 1. The average molecular weight is 489 g/mol. The van der Waals surface area contributed by atoms with Gasteiger partial charge in [-0.05, 0) is 67.4 Å². The predicted molar refractivity (Wildman–Crippen MR) is 116 cm³/mol. The van der Waals surface area contributed by atoms with Crippen molar-refractivity contribution in [1.29, 1.82) is 0 Å². The summed E-state index contributed by atoms with van der Waals surface area (Å²) < 4.78 is 65.6. The first-order valence-corrected chi connectivity index (χ1v) is 12.3. The molecule has 1 aliphatic rings. The third kappa shape index (κ3) is 5.82. The summed E-state index contributed by atoms with van der Waals surface area (Å²) in [6.45, 7) is 2.99. The number of amides is 1. The number of benzene rings is 2. The van der Waals surface area contributed by atoms with Crippen LogP contribution in [0.25, 0.3) is 0 Å². The van der Waals surface area contributed by atoms with Crippen LogP contribution in [-0.2, 0) is 29.1 Å². The fourth-order valence-electron chi connectivity index (χ4n) is 3.72. The number of hydrogen-bond acceptors (Lipinski definition) is 4. The molecule has 1 aliphatic heterocycles. The quantitative estimate of drug-likeness (QED) is 0.614. The molecule has 32 heavy (non-hydrogen) atoms. The summed E-state index contributed by atoms with van der Waals surface area (Å²) in [6, 6.07) is 7.76. The van der Waals surface area contributed by atoms with Crippen molar-refractivity contribution in [3.63, 3.8) is 0 Å². The molecule has 1 amide bonds. The summed E-state index contributed by atoms with van der Waals surface area (Å²) in [5, 5.41) is 2.80. The van der Waals surface area contributed by atoms with E-state index in [4.69, 9.17) is 11.6 Å². The minimum Gasteiger partial charge on any atom is -0.348 e. The van der Waals surface area contributed by atoms with Crippen molar-refractivity contribution in [3.05, 3.63) is 63.7 Å². The van der Waals surface area contributed by atoms with Gasteiger partial charge in [0.25, 0.3) is 5.91 Å². The van der Waals surface area contributed by atoms with Crippen LogP contribution in [-0.4, -0.2) is 38.1 Å². The molecule has 2 aromatic carbocycles. The summed E-state index contributed by atoms with van der Waals surface area (Å²) >= 11 is 5.96. The zero-order chi connectivity index (χ0) is 23.5. The van der Waals surface area contributed by atoms with Crippen LogP contribution in [0.3, 0.4) is 0 Å². The van der Waals surface area contributed by atoms with Crippen LogP contribution < -0.4 is 5.32 Å². The number of halogens is 4. The van der Waals surface area contributed by atoms with E-state index in [9.17, 15) is 26.4 Å². The highest BCUT2D eigenvalue weighted by atomic mass is 35.5. The van der Waals surface area contributed by atoms with E-state index in [1.807, 2.05) is 4.90 Å². The van der Waals surface area contributed by atoms with Gasteiger partial charge in [0.05, 0.1) is 16.2 Å². The second kappa shape index (κ2) is 9.80. The van der Waals surface area contributed by atoms with Crippen molar-refractivity contribution in [2.24, 2.45) is 0 Å². The van der Waals surface area contributed by atoms with Crippen molar-refractivity contribution < 1.29 is 26.4 Å². The number of alkyl halides is 3. The molecule has 0 spiro atoms. The van der Waals surface area contributed by atoms with Gasteiger partial charge in [-0.3, -0.25) is 9.69 Å². The lowest BCUT2D eigenvalue weighted by Crippen LogP contribution is -2.25. The number of nitrogens with one attached hydrogen (secondary N) is 1. The second-order valence-corrected chi connectivity index (χ2v) is 10.4. The highest BCUT2D eigenvalue weighted by Crippen LogP contribution is 2.34. The molecule has 1 heterocycles. The van der Waals surface area contributed by atoms with Gasteiger partial charge >= 0.3 is 6.18 Å². The maximum Gasteiger partial charge on any atom is 0.416 e. The van der Waals surface area contributed by atoms with Crippen molar-refractivity contribution >= 4 is 27.3 Å². The molecule has 0 radical (unpaired) electrons. The molecule has 0 aromatic heterocycles. The van der Waals surface area contributed by atoms with E-state index in [-0.39, 0.29) is 45.5 Å². The normalized spacial score (nSPS) is 15.2. The fourth-order valence-corrected chi connectivity index (χ4v) is 5.04. The fraction of sp³-hybridized carbons (Fsp3) is 0.409. The second-order valence-electron chi connectivity index (χ2n) is 7.69. The van der Waals surface area contributed by atoms with Gasteiger partial charge in [0, 0.05) is 23.7 Å². The third-order valence-electron chi connectivity index (χ3n) is 5.45. The molecule has 1 saturated heterocycles. The van der Waals surface area contributed by atoms with E-state index < -0.39 is 27.5 Å². The minimum absolute atomic E-state index is 0.0293. The minimum atomic E-state index is -4.60. The Labute approximate surface area is 190 Å². The predicted octanol–water partition coefficient (Wildman–Crippen LogP) is 4.68. The SMILES string of the molecule is CCS(=O)(=O)c1ccc(Cl)cc1CNC(=O)c1ccc(CN2CCCC2)c(C(F)(F)F)c1. The molecule has 1 N–H and O–H groups in total. The molecule has 10 heteroatoms. The molecule has 0 aliphatic carbocycles. The van der Waals surface area contributed by atoms with E-state index in [0.29, 0.717) is 0 Å². The van der Waals surface area contributed by atoms with Gasteiger partial charge in [0.1, 0.15) is 0 Å². The number of rotatable bonds is 7. The molecular formula is C22H24ClF3N2O3S. The Kier molecular flexibility index (Phi) is 7.52. The van der Waals surface area contributed by atoms with Crippen LogP contribution in [0.4, 0.5) is 13.2 Å². The lowest BCUT2D eigenvalue weighted by Gasteiger charge is -2.19. The first-order chi connectivity index (χ1) is 15.0. The lowest BCUT2D eigenvalue weighted by molar-refractivity contribution is -0.138. The average Bonchev–Trinajstić information content (AvgIpc) is 3.24. The highest BCUT2D eigenvalue weighted by Gasteiger charge is 2.34. The van der Waals surface area contributed by atoms with Crippen LogP contribution in [0.2, 0.25) is 5.02 Å². The Morgan fingerprint density at radius 2 is 1.78 bits per heavy atom. The monoisotopic (exact) mass is 488 g/mol. The summed E-state index contributed by atoms with van der Waals surface area (Å²) in [5.74, 6) is -0.869. The summed E-state index contributed by atoms with van der Waals surface area (Å²) in [7, 11) is -3.56. The first kappa shape index (κ1) is 24.5. The highest BCUT2D eigenvalue weighted by molar-refractivity contribution is 7.91. The van der Waals surface area contributed by atoms with Gasteiger partial charge in [0.2, 0.25) is 0 Å². The van der Waals surface area contributed by atoms with Crippen LogP contribution in [0, 0.1) is 0 Å². The molecule has 0 saturated carbocycles. The molecule has 5 nitrogen and oxygen atoms in total. The summed E-state index contributed by atoms with van der Waals surface area (Å²) in [4.78, 5) is 14.6. The smallest absolute Gasteiger partial charge is 0.348 e. The Balaban J connectivity index is 1.82. The number of sulfone groups is 1. The van der Waals surface area contributed by atoms with Gasteiger partial charge in [-0.25, -0.2) is 8.42 Å². The summed E-state index contributed by atoms with van der Waals surface area (Å²) in [6.07, 6.45) is -2.68. The number of carbonyl (C=O) groups excluding carboxylic acids is 1. The van der Waals surface area contributed by atoms with Gasteiger partial charge in [-0.2, -0.15) is 13.2 Å². The molecule has 1 fully saturated rings. The topological polar surface area (TPSA) is 66.5 Å². The van der Waals surface area contributed by atoms with E-state index in [0.717, 1.165) is 32.0 Å². The van der Waals surface area contributed by atoms with Gasteiger partial charge in [-0.1, -0.05) is 24.6 Å². The molecule has 0 unspecified atom stereocenters. The van der Waals surface area contributed by atoms with Crippen LogP contribution in [0.5, 0.6) is 0 Å². The van der Waals surface area contributed by atoms with Crippen molar-refractivity contribution in [3.8, 4) is 0 Å². The number of nitrogens with zero attached hydrogens (tertiary/aromatic N) is 1. The molecule has 3 rings (SSSR count). The van der Waals surface area contributed by atoms with Crippen molar-refractivity contribution in [1.82, 2.24) is 10.2 Å². The summed E-state index contributed by atoms with van der Waals surface area (Å²) in [5.41, 5.74) is -0.588. The standard InChI is InChI=1S/C22H24ClF3N2O3S/c1-2-32(30,31)20-8-7-18(23)11-17(20)13-27-21(29)15-5-6-16(14-28-9-3-4-10-28)19(12-15)22(24,25)26/h5-8,11-12H,2-4,9-10,13-14H2,1H3,(H,27,29). The molecule has 2 aromatic rings. The van der Waals surface area contributed by atoms with Crippen LogP contribution >= 0.6 is 11.6 Å². The third-order valence-corrected chi connectivity index (χ3v) is 7.51. The van der Waals surface area contributed by atoms with Gasteiger partial charge in [-0.15, -0.1) is 0 Å². The molecule has 174 valence electrons.